The highest BCUT2D eigenvalue weighted by Gasteiger charge is 2.08. The zero-order valence-corrected chi connectivity index (χ0v) is 13.2. The zero-order valence-electron chi connectivity index (χ0n) is 13.2. The lowest BCUT2D eigenvalue weighted by molar-refractivity contribution is 0.278. The van der Waals surface area contributed by atoms with Crippen molar-refractivity contribution in [2.24, 2.45) is 5.73 Å². The summed E-state index contributed by atoms with van der Waals surface area (Å²) in [6, 6.07) is 13.8. The Morgan fingerprint density at radius 3 is 2.32 bits per heavy atom. The molecule has 0 saturated heterocycles. The molecule has 118 valence electrons. The van der Waals surface area contributed by atoms with Gasteiger partial charge in [0.2, 0.25) is 0 Å². The topological polar surface area (TPSA) is 53.7 Å². The van der Waals surface area contributed by atoms with Crippen molar-refractivity contribution in [2.75, 3.05) is 20.8 Å². The minimum Gasteiger partial charge on any atom is -0.496 e. The molecule has 0 aliphatic rings. The molecule has 2 aromatic carbocycles. The molecule has 0 radical (unpaired) electrons. The fraction of sp³-hybridized carbons (Fsp3) is 0.333. The van der Waals surface area contributed by atoms with Crippen LogP contribution in [0.15, 0.2) is 42.5 Å². The van der Waals surface area contributed by atoms with Crippen molar-refractivity contribution < 1.29 is 14.2 Å². The second-order valence-corrected chi connectivity index (χ2v) is 4.98. The van der Waals surface area contributed by atoms with E-state index in [2.05, 4.69) is 12.1 Å². The van der Waals surface area contributed by atoms with Crippen molar-refractivity contribution in [1.82, 2.24) is 0 Å². The molecule has 0 aromatic heterocycles. The van der Waals surface area contributed by atoms with Gasteiger partial charge in [0.15, 0.2) is 11.5 Å². The van der Waals surface area contributed by atoms with Gasteiger partial charge in [-0.1, -0.05) is 18.2 Å². The van der Waals surface area contributed by atoms with E-state index in [0.29, 0.717) is 13.2 Å². The Bertz CT molecular complexity index is 599. The summed E-state index contributed by atoms with van der Waals surface area (Å²) in [6.07, 6.45) is 1.93. The summed E-state index contributed by atoms with van der Waals surface area (Å²) < 4.78 is 16.6. The third-order valence-electron chi connectivity index (χ3n) is 3.47. The molecule has 2 N–H and O–H groups in total. The monoisotopic (exact) mass is 301 g/mol. The van der Waals surface area contributed by atoms with Crippen molar-refractivity contribution in [3.05, 3.63) is 53.6 Å². The molecule has 4 heteroatoms. The first-order valence-corrected chi connectivity index (χ1v) is 7.40. The van der Waals surface area contributed by atoms with Crippen LogP contribution in [-0.2, 0) is 13.0 Å². The number of rotatable bonds is 8. The minimum absolute atomic E-state index is 0.431. The Morgan fingerprint density at radius 2 is 1.64 bits per heavy atom. The van der Waals surface area contributed by atoms with E-state index >= 15 is 0 Å². The lowest BCUT2D eigenvalue weighted by Crippen LogP contribution is -2.03. The number of methoxy groups -OCH3 is 2. The van der Waals surface area contributed by atoms with Gasteiger partial charge in [0, 0.05) is 5.56 Å². The van der Waals surface area contributed by atoms with Gasteiger partial charge in [0.05, 0.1) is 14.2 Å². The first-order valence-electron chi connectivity index (χ1n) is 7.40. The Labute approximate surface area is 131 Å². The van der Waals surface area contributed by atoms with Crippen molar-refractivity contribution >= 4 is 0 Å². The molecule has 0 saturated carbocycles. The standard InChI is InChI=1S/C18H23NO3/c1-20-16-10-9-14(6-5-11-19)12-15(16)13-22-18-8-4-3-7-17(18)21-2/h3-4,7-10,12H,5-6,11,13,19H2,1-2H3. The van der Waals surface area contributed by atoms with E-state index in [1.54, 1.807) is 14.2 Å². The van der Waals surface area contributed by atoms with Gasteiger partial charge in [-0.15, -0.1) is 0 Å². The number of para-hydroxylation sites is 2. The molecular formula is C18H23NO3. The second kappa shape index (κ2) is 8.29. The van der Waals surface area contributed by atoms with E-state index in [0.717, 1.165) is 35.7 Å². The van der Waals surface area contributed by atoms with Gasteiger partial charge in [-0.05, 0) is 49.2 Å². The van der Waals surface area contributed by atoms with Crippen molar-refractivity contribution in [3.63, 3.8) is 0 Å². The van der Waals surface area contributed by atoms with Crippen LogP contribution in [0.4, 0.5) is 0 Å². The van der Waals surface area contributed by atoms with E-state index < -0.39 is 0 Å². The molecule has 2 rings (SSSR count). The Hall–Kier alpha value is -2.20. The predicted octanol–water partition coefficient (Wildman–Crippen LogP) is 3.17. The average molecular weight is 301 g/mol. The van der Waals surface area contributed by atoms with Crippen LogP contribution in [-0.4, -0.2) is 20.8 Å². The number of hydrogen-bond donors (Lipinski definition) is 1. The number of ether oxygens (including phenoxy) is 3. The Balaban J connectivity index is 2.13. The van der Waals surface area contributed by atoms with E-state index in [9.17, 15) is 0 Å². The molecule has 22 heavy (non-hydrogen) atoms. The lowest BCUT2D eigenvalue weighted by atomic mass is 10.1. The molecule has 0 amide bonds. The summed E-state index contributed by atoms with van der Waals surface area (Å²) in [5, 5.41) is 0. The quantitative estimate of drug-likeness (QED) is 0.813. The summed E-state index contributed by atoms with van der Waals surface area (Å²) in [5.74, 6) is 2.27. The van der Waals surface area contributed by atoms with Gasteiger partial charge >= 0.3 is 0 Å². The van der Waals surface area contributed by atoms with E-state index in [1.165, 1.54) is 5.56 Å². The summed E-state index contributed by atoms with van der Waals surface area (Å²) in [4.78, 5) is 0. The van der Waals surface area contributed by atoms with Crippen molar-refractivity contribution in [1.29, 1.82) is 0 Å². The number of nitrogens with two attached hydrogens (primary N) is 1. The first kappa shape index (κ1) is 16.2. The molecule has 0 fully saturated rings. The van der Waals surface area contributed by atoms with E-state index in [-0.39, 0.29) is 0 Å². The normalized spacial score (nSPS) is 10.3. The van der Waals surface area contributed by atoms with Gasteiger partial charge < -0.3 is 19.9 Å². The molecule has 0 bridgehead atoms. The molecule has 0 unspecified atom stereocenters. The zero-order chi connectivity index (χ0) is 15.8. The third-order valence-corrected chi connectivity index (χ3v) is 3.47. The van der Waals surface area contributed by atoms with Crippen molar-refractivity contribution in [2.45, 2.75) is 19.4 Å². The van der Waals surface area contributed by atoms with Crippen LogP contribution < -0.4 is 19.9 Å². The summed E-state index contributed by atoms with van der Waals surface area (Å²) in [7, 11) is 3.30. The highest BCUT2D eigenvalue weighted by atomic mass is 16.5. The summed E-state index contributed by atoms with van der Waals surface area (Å²) >= 11 is 0. The van der Waals surface area contributed by atoms with Crippen LogP contribution in [0.25, 0.3) is 0 Å². The number of aryl methyl sites for hydroxylation is 1. The SMILES string of the molecule is COc1ccc(CCCN)cc1COc1ccccc1OC. The molecule has 0 aliphatic heterocycles. The molecule has 0 atom stereocenters. The predicted molar refractivity (Wildman–Crippen MR) is 87.7 cm³/mol. The van der Waals surface area contributed by atoms with Crippen LogP contribution in [0, 0.1) is 0 Å². The molecule has 0 spiro atoms. The Morgan fingerprint density at radius 1 is 0.909 bits per heavy atom. The highest BCUT2D eigenvalue weighted by Crippen LogP contribution is 2.28. The summed E-state index contributed by atoms with van der Waals surface area (Å²) in [6.45, 7) is 1.12. The summed E-state index contributed by atoms with van der Waals surface area (Å²) in [5.41, 5.74) is 7.83. The number of hydrogen-bond acceptors (Lipinski definition) is 4. The van der Waals surface area contributed by atoms with Gasteiger partial charge in [-0.25, -0.2) is 0 Å². The maximum Gasteiger partial charge on any atom is 0.161 e. The van der Waals surface area contributed by atoms with Crippen LogP contribution in [0.5, 0.6) is 17.2 Å². The van der Waals surface area contributed by atoms with Crippen molar-refractivity contribution in [3.8, 4) is 17.2 Å². The highest BCUT2D eigenvalue weighted by molar-refractivity contribution is 5.41. The minimum atomic E-state index is 0.431. The molecule has 4 nitrogen and oxygen atoms in total. The Kier molecular flexibility index (Phi) is 6.10. The molecular weight excluding hydrogens is 278 g/mol. The van der Waals surface area contributed by atoms with Crippen LogP contribution in [0.3, 0.4) is 0 Å². The van der Waals surface area contributed by atoms with Gasteiger partial charge in [-0.2, -0.15) is 0 Å². The van der Waals surface area contributed by atoms with E-state index in [4.69, 9.17) is 19.9 Å². The van der Waals surface area contributed by atoms with Crippen LogP contribution >= 0.6 is 0 Å². The number of benzene rings is 2. The average Bonchev–Trinajstić information content (AvgIpc) is 2.58. The van der Waals surface area contributed by atoms with Crippen LogP contribution in [0.2, 0.25) is 0 Å². The van der Waals surface area contributed by atoms with Gasteiger partial charge in [-0.3, -0.25) is 0 Å². The van der Waals surface area contributed by atoms with Gasteiger partial charge in [0.25, 0.3) is 0 Å². The lowest BCUT2D eigenvalue weighted by Gasteiger charge is -2.14. The first-order chi connectivity index (χ1) is 10.8. The molecule has 2 aromatic rings. The maximum absolute atomic E-state index is 5.89. The third kappa shape index (κ3) is 4.15. The largest absolute Gasteiger partial charge is 0.496 e. The smallest absolute Gasteiger partial charge is 0.161 e. The van der Waals surface area contributed by atoms with Crippen LogP contribution in [0.1, 0.15) is 17.5 Å². The molecule has 0 aliphatic carbocycles. The van der Waals surface area contributed by atoms with E-state index in [1.807, 2.05) is 30.3 Å². The fourth-order valence-corrected chi connectivity index (χ4v) is 2.30. The maximum atomic E-state index is 5.89. The van der Waals surface area contributed by atoms with Gasteiger partial charge in [0.1, 0.15) is 12.4 Å². The second-order valence-electron chi connectivity index (χ2n) is 4.98. The fourth-order valence-electron chi connectivity index (χ4n) is 2.30. The molecule has 0 heterocycles.